The zero-order chi connectivity index (χ0) is 10.7. The van der Waals surface area contributed by atoms with Gasteiger partial charge in [0.1, 0.15) is 6.04 Å². The standard InChI is InChI=1S/C7H9N3O4/c8-4(11)2-1-3-5(6(12)9-3)10-7(13)14/h1-3,5,10H,(H2,8,11)(H,9,12)(H,13,14)/t3-,5+/m0/s1. The fourth-order valence-corrected chi connectivity index (χ4v) is 1.05. The number of hydrogen-bond acceptors (Lipinski definition) is 3. The van der Waals surface area contributed by atoms with Crippen molar-refractivity contribution in [3.8, 4) is 0 Å². The summed E-state index contributed by atoms with van der Waals surface area (Å²) in [5, 5.41) is 12.8. The molecular formula is C7H9N3O4. The lowest BCUT2D eigenvalue weighted by atomic mass is 9.99. The van der Waals surface area contributed by atoms with Crippen molar-refractivity contribution in [1.82, 2.24) is 10.6 Å². The summed E-state index contributed by atoms with van der Waals surface area (Å²) in [6, 6.07) is -1.35. The largest absolute Gasteiger partial charge is 0.465 e. The summed E-state index contributed by atoms with van der Waals surface area (Å²) < 4.78 is 0. The van der Waals surface area contributed by atoms with Crippen LogP contribution in [0.2, 0.25) is 0 Å². The number of hydrogen-bond donors (Lipinski definition) is 4. The van der Waals surface area contributed by atoms with Crippen LogP contribution < -0.4 is 16.4 Å². The van der Waals surface area contributed by atoms with Crippen molar-refractivity contribution < 1.29 is 19.5 Å². The van der Waals surface area contributed by atoms with E-state index in [0.29, 0.717) is 0 Å². The van der Waals surface area contributed by atoms with Gasteiger partial charge < -0.3 is 21.5 Å². The molecule has 0 unspecified atom stereocenters. The van der Waals surface area contributed by atoms with Gasteiger partial charge in [-0.2, -0.15) is 0 Å². The van der Waals surface area contributed by atoms with E-state index in [1.807, 2.05) is 5.32 Å². The molecule has 1 aliphatic heterocycles. The molecule has 1 rings (SSSR count). The number of nitrogens with two attached hydrogens (primary N) is 1. The summed E-state index contributed by atoms with van der Waals surface area (Å²) in [7, 11) is 0. The van der Waals surface area contributed by atoms with E-state index >= 15 is 0 Å². The molecule has 7 nitrogen and oxygen atoms in total. The first-order chi connectivity index (χ1) is 6.50. The highest BCUT2D eigenvalue weighted by atomic mass is 16.4. The normalized spacial score (nSPS) is 25.3. The van der Waals surface area contributed by atoms with Gasteiger partial charge in [0, 0.05) is 6.08 Å². The molecule has 0 bridgehead atoms. The lowest BCUT2D eigenvalue weighted by Crippen LogP contribution is -2.68. The highest BCUT2D eigenvalue weighted by molar-refractivity contribution is 5.93. The van der Waals surface area contributed by atoms with Crippen LogP contribution >= 0.6 is 0 Å². The summed E-state index contributed by atoms with van der Waals surface area (Å²) in [6.45, 7) is 0. The highest BCUT2D eigenvalue weighted by Gasteiger charge is 2.38. The van der Waals surface area contributed by atoms with Gasteiger partial charge in [-0.25, -0.2) is 4.79 Å². The average Bonchev–Trinajstić information content (AvgIpc) is 2.07. The van der Waals surface area contributed by atoms with Crippen LogP contribution in [0.4, 0.5) is 4.79 Å². The van der Waals surface area contributed by atoms with Crippen LogP contribution in [0.3, 0.4) is 0 Å². The van der Waals surface area contributed by atoms with Crippen LogP contribution in [-0.2, 0) is 9.59 Å². The zero-order valence-corrected chi connectivity index (χ0v) is 7.06. The van der Waals surface area contributed by atoms with Crippen LogP contribution in [0, 0.1) is 0 Å². The third-order valence-corrected chi connectivity index (χ3v) is 1.70. The Kier molecular flexibility index (Phi) is 2.70. The zero-order valence-electron chi connectivity index (χ0n) is 7.06. The number of β-lactam (4-membered cyclic amide) rings is 1. The molecule has 14 heavy (non-hydrogen) atoms. The number of nitrogens with one attached hydrogen (secondary N) is 2. The first-order valence-corrected chi connectivity index (χ1v) is 3.78. The molecule has 1 fully saturated rings. The molecule has 3 amide bonds. The molecule has 0 aromatic heterocycles. The van der Waals surface area contributed by atoms with E-state index in [1.54, 1.807) is 0 Å². The third-order valence-electron chi connectivity index (χ3n) is 1.70. The van der Waals surface area contributed by atoms with E-state index < -0.39 is 30.0 Å². The average molecular weight is 199 g/mol. The Morgan fingerprint density at radius 1 is 1.57 bits per heavy atom. The van der Waals surface area contributed by atoms with Gasteiger partial charge in [-0.05, 0) is 0 Å². The van der Waals surface area contributed by atoms with Crippen LogP contribution in [0.5, 0.6) is 0 Å². The van der Waals surface area contributed by atoms with Crippen molar-refractivity contribution >= 4 is 17.9 Å². The van der Waals surface area contributed by atoms with E-state index in [-0.39, 0.29) is 0 Å². The summed E-state index contributed by atoms with van der Waals surface area (Å²) >= 11 is 0. The highest BCUT2D eigenvalue weighted by Crippen LogP contribution is 2.07. The van der Waals surface area contributed by atoms with Gasteiger partial charge in [-0.15, -0.1) is 0 Å². The monoisotopic (exact) mass is 199 g/mol. The molecule has 0 radical (unpaired) electrons. The van der Waals surface area contributed by atoms with E-state index in [4.69, 9.17) is 10.8 Å². The summed E-state index contributed by atoms with van der Waals surface area (Å²) in [5.41, 5.74) is 4.83. The molecule has 7 heteroatoms. The van der Waals surface area contributed by atoms with Gasteiger partial charge in [0.2, 0.25) is 11.8 Å². The lowest BCUT2D eigenvalue weighted by Gasteiger charge is -2.34. The van der Waals surface area contributed by atoms with Crippen molar-refractivity contribution in [1.29, 1.82) is 0 Å². The first kappa shape index (κ1) is 10.0. The lowest BCUT2D eigenvalue weighted by molar-refractivity contribution is -0.130. The molecule has 5 N–H and O–H groups in total. The van der Waals surface area contributed by atoms with Gasteiger partial charge in [-0.1, -0.05) is 6.08 Å². The Morgan fingerprint density at radius 2 is 2.21 bits per heavy atom. The van der Waals surface area contributed by atoms with Crippen molar-refractivity contribution in [2.24, 2.45) is 5.73 Å². The third kappa shape index (κ3) is 2.22. The van der Waals surface area contributed by atoms with Crippen LogP contribution in [0.1, 0.15) is 0 Å². The Hall–Kier alpha value is -2.05. The summed E-state index contributed by atoms with van der Waals surface area (Å²) in [6.07, 6.45) is 1.12. The van der Waals surface area contributed by atoms with E-state index in [1.165, 1.54) is 6.08 Å². The molecule has 0 saturated carbocycles. The Labute approximate surface area is 79.0 Å². The second kappa shape index (κ2) is 3.77. The van der Waals surface area contributed by atoms with Crippen molar-refractivity contribution in [2.45, 2.75) is 12.1 Å². The molecule has 0 aromatic carbocycles. The molecule has 1 aliphatic rings. The Balaban J connectivity index is 2.52. The number of primary amides is 1. The minimum Gasteiger partial charge on any atom is -0.465 e. The molecule has 2 atom stereocenters. The molecule has 0 spiro atoms. The van der Waals surface area contributed by atoms with Crippen molar-refractivity contribution in [3.63, 3.8) is 0 Å². The number of amides is 3. The van der Waals surface area contributed by atoms with E-state index in [0.717, 1.165) is 6.08 Å². The predicted octanol–water partition coefficient (Wildman–Crippen LogP) is -1.84. The van der Waals surface area contributed by atoms with Gasteiger partial charge >= 0.3 is 6.09 Å². The quantitative estimate of drug-likeness (QED) is 0.315. The molecule has 0 aromatic rings. The smallest absolute Gasteiger partial charge is 0.405 e. The second-order valence-corrected chi connectivity index (χ2v) is 2.72. The van der Waals surface area contributed by atoms with Crippen LogP contribution in [0.25, 0.3) is 0 Å². The molecule has 1 saturated heterocycles. The minimum atomic E-state index is -1.29. The maximum Gasteiger partial charge on any atom is 0.405 e. The number of carbonyl (C=O) groups is 3. The van der Waals surface area contributed by atoms with Crippen molar-refractivity contribution in [3.05, 3.63) is 12.2 Å². The second-order valence-electron chi connectivity index (χ2n) is 2.72. The summed E-state index contributed by atoms with van der Waals surface area (Å²) in [5.74, 6) is -1.08. The Bertz CT molecular complexity index is 312. The maximum atomic E-state index is 10.8. The van der Waals surface area contributed by atoms with Crippen LogP contribution in [-0.4, -0.2) is 35.1 Å². The van der Waals surface area contributed by atoms with Crippen LogP contribution in [0.15, 0.2) is 12.2 Å². The van der Waals surface area contributed by atoms with Gasteiger partial charge in [0.05, 0.1) is 6.04 Å². The molecule has 0 aliphatic carbocycles. The molecule has 76 valence electrons. The fourth-order valence-electron chi connectivity index (χ4n) is 1.05. The first-order valence-electron chi connectivity index (χ1n) is 3.78. The number of carboxylic acid groups (broad SMARTS) is 1. The fraction of sp³-hybridized carbons (Fsp3) is 0.286. The van der Waals surface area contributed by atoms with E-state index in [2.05, 4.69) is 5.32 Å². The van der Waals surface area contributed by atoms with Gasteiger partial charge in [0.25, 0.3) is 0 Å². The van der Waals surface area contributed by atoms with Gasteiger partial charge in [-0.3, -0.25) is 9.59 Å². The number of rotatable bonds is 3. The molecule has 1 heterocycles. The predicted molar refractivity (Wildman–Crippen MR) is 45.2 cm³/mol. The van der Waals surface area contributed by atoms with E-state index in [9.17, 15) is 14.4 Å². The molecular weight excluding hydrogens is 190 g/mol. The topological polar surface area (TPSA) is 122 Å². The SMILES string of the molecule is NC(=O)C=C[C@@H]1NC(=O)[C@@H]1NC(=O)O. The van der Waals surface area contributed by atoms with Crippen molar-refractivity contribution in [2.75, 3.05) is 0 Å². The Morgan fingerprint density at radius 3 is 2.64 bits per heavy atom. The summed E-state index contributed by atoms with van der Waals surface area (Å²) in [4.78, 5) is 31.4. The number of carbonyl (C=O) groups excluding carboxylic acids is 2. The van der Waals surface area contributed by atoms with Gasteiger partial charge in [0.15, 0.2) is 0 Å². The maximum absolute atomic E-state index is 10.8. The minimum absolute atomic E-state index is 0.425.